The molecule has 144 valence electrons. The molecule has 4 N–H and O–H groups in total. The van der Waals surface area contributed by atoms with Crippen molar-refractivity contribution in [2.24, 2.45) is 5.73 Å². The number of hydrogen-bond donors (Lipinski definition) is 3. The van der Waals surface area contributed by atoms with Crippen LogP contribution in [0.25, 0.3) is 0 Å². The molecule has 3 amide bonds. The largest absolute Gasteiger partial charge is 0.490 e. The summed E-state index contributed by atoms with van der Waals surface area (Å²) in [6.07, 6.45) is 0.650. The molecule has 2 aromatic carbocycles. The average Bonchev–Trinajstić information content (AvgIpc) is 2.64. The highest BCUT2D eigenvalue weighted by molar-refractivity contribution is 5.96. The smallest absolute Gasteiger partial charge is 0.316 e. The zero-order chi connectivity index (χ0) is 19.6. The predicted octanol–water partition coefficient (Wildman–Crippen LogP) is 2.95. The molecule has 7 heteroatoms. The molecule has 0 aliphatic carbocycles. The summed E-state index contributed by atoms with van der Waals surface area (Å²) in [5.74, 6) is 1.19. The molecule has 27 heavy (non-hydrogen) atoms. The molecule has 0 aromatic heterocycles. The van der Waals surface area contributed by atoms with E-state index in [0.717, 1.165) is 5.56 Å². The molecule has 0 atom stereocenters. The van der Waals surface area contributed by atoms with Gasteiger partial charge < -0.3 is 25.8 Å². The number of benzene rings is 2. The Morgan fingerprint density at radius 2 is 1.74 bits per heavy atom. The van der Waals surface area contributed by atoms with Gasteiger partial charge in [0.25, 0.3) is 5.91 Å². The lowest BCUT2D eigenvalue weighted by Crippen LogP contribution is -2.26. The Morgan fingerprint density at radius 3 is 2.44 bits per heavy atom. The second-order valence-electron chi connectivity index (χ2n) is 5.72. The van der Waals surface area contributed by atoms with Crippen molar-refractivity contribution in [2.75, 3.05) is 25.1 Å². The zero-order valence-electron chi connectivity index (χ0n) is 15.6. The lowest BCUT2D eigenvalue weighted by Gasteiger charge is -2.13. The number of carbonyl (C=O) groups excluding carboxylic acids is 2. The summed E-state index contributed by atoms with van der Waals surface area (Å²) in [4.78, 5) is 23.2. The molecule has 0 unspecified atom stereocenters. The van der Waals surface area contributed by atoms with Crippen LogP contribution in [-0.2, 0) is 6.42 Å². The first-order valence-electron chi connectivity index (χ1n) is 8.86. The molecule has 7 nitrogen and oxygen atoms in total. The van der Waals surface area contributed by atoms with Crippen LogP contribution in [0.1, 0.15) is 29.8 Å². The van der Waals surface area contributed by atoms with E-state index in [1.54, 1.807) is 24.3 Å². The van der Waals surface area contributed by atoms with E-state index in [2.05, 4.69) is 10.6 Å². The molecular formula is C20H25N3O4. The SMILES string of the molecule is CCOc1ccc(CCNC(=O)c2cccc(NC(N)=O)c2)cc1OCC. The highest BCUT2D eigenvalue weighted by atomic mass is 16.5. The second-order valence-corrected chi connectivity index (χ2v) is 5.72. The lowest BCUT2D eigenvalue weighted by molar-refractivity contribution is 0.0954. The van der Waals surface area contributed by atoms with Crippen molar-refractivity contribution >= 4 is 17.6 Å². The van der Waals surface area contributed by atoms with Crippen molar-refractivity contribution in [1.82, 2.24) is 5.32 Å². The summed E-state index contributed by atoms with van der Waals surface area (Å²) in [5, 5.41) is 5.31. The maximum Gasteiger partial charge on any atom is 0.316 e. The Labute approximate surface area is 158 Å². The van der Waals surface area contributed by atoms with Crippen LogP contribution in [0.3, 0.4) is 0 Å². The first-order valence-corrected chi connectivity index (χ1v) is 8.86. The Hall–Kier alpha value is -3.22. The molecule has 0 aliphatic heterocycles. The van der Waals surface area contributed by atoms with Crippen molar-refractivity contribution in [2.45, 2.75) is 20.3 Å². The van der Waals surface area contributed by atoms with Crippen molar-refractivity contribution < 1.29 is 19.1 Å². The van der Waals surface area contributed by atoms with Gasteiger partial charge in [-0.05, 0) is 56.2 Å². The van der Waals surface area contributed by atoms with Gasteiger partial charge in [0.05, 0.1) is 13.2 Å². The van der Waals surface area contributed by atoms with Gasteiger partial charge in [0.1, 0.15) is 0 Å². The van der Waals surface area contributed by atoms with E-state index in [1.807, 2.05) is 32.0 Å². The van der Waals surface area contributed by atoms with Crippen molar-refractivity contribution in [3.05, 3.63) is 53.6 Å². The highest BCUT2D eigenvalue weighted by Crippen LogP contribution is 2.28. The van der Waals surface area contributed by atoms with Gasteiger partial charge >= 0.3 is 6.03 Å². The molecule has 0 aliphatic rings. The number of ether oxygens (including phenoxy) is 2. The Morgan fingerprint density at radius 1 is 1.00 bits per heavy atom. The molecule has 2 rings (SSSR count). The van der Waals surface area contributed by atoms with E-state index in [4.69, 9.17) is 15.2 Å². The third kappa shape index (κ3) is 6.22. The topological polar surface area (TPSA) is 103 Å². The molecule has 0 fully saturated rings. The van der Waals surface area contributed by atoms with Crippen LogP contribution in [0.2, 0.25) is 0 Å². The molecule has 0 saturated heterocycles. The van der Waals surface area contributed by atoms with Crippen molar-refractivity contribution in [3.8, 4) is 11.5 Å². The number of carbonyl (C=O) groups is 2. The Bertz CT molecular complexity index is 793. The number of hydrogen-bond acceptors (Lipinski definition) is 4. The summed E-state index contributed by atoms with van der Waals surface area (Å²) >= 11 is 0. The molecule has 0 radical (unpaired) electrons. The Kier molecular flexibility index (Phi) is 7.49. The van der Waals surface area contributed by atoms with E-state index >= 15 is 0 Å². The van der Waals surface area contributed by atoms with Gasteiger partial charge in [0, 0.05) is 17.8 Å². The van der Waals surface area contributed by atoms with Gasteiger partial charge in [-0.25, -0.2) is 4.79 Å². The molecule has 0 spiro atoms. The van der Waals surface area contributed by atoms with Gasteiger partial charge in [-0.15, -0.1) is 0 Å². The molecule has 0 heterocycles. The third-order valence-electron chi connectivity index (χ3n) is 3.70. The van der Waals surface area contributed by atoms with Crippen molar-refractivity contribution in [1.29, 1.82) is 0 Å². The lowest BCUT2D eigenvalue weighted by atomic mass is 10.1. The zero-order valence-corrected chi connectivity index (χ0v) is 15.6. The molecule has 0 bridgehead atoms. The van der Waals surface area contributed by atoms with Crippen LogP contribution in [0.15, 0.2) is 42.5 Å². The average molecular weight is 371 g/mol. The van der Waals surface area contributed by atoms with Crippen LogP contribution in [0, 0.1) is 0 Å². The quantitative estimate of drug-likeness (QED) is 0.630. The van der Waals surface area contributed by atoms with E-state index in [9.17, 15) is 9.59 Å². The molecule has 2 aromatic rings. The highest BCUT2D eigenvalue weighted by Gasteiger charge is 2.09. The number of rotatable bonds is 9. The van der Waals surface area contributed by atoms with Crippen LogP contribution < -0.4 is 25.8 Å². The minimum absolute atomic E-state index is 0.223. The monoisotopic (exact) mass is 371 g/mol. The summed E-state index contributed by atoms with van der Waals surface area (Å²) in [6.45, 7) is 5.43. The first kappa shape index (κ1) is 20.1. The van der Waals surface area contributed by atoms with E-state index in [1.165, 1.54) is 0 Å². The first-order chi connectivity index (χ1) is 13.0. The summed E-state index contributed by atoms with van der Waals surface area (Å²) < 4.78 is 11.2. The van der Waals surface area contributed by atoms with Crippen LogP contribution in [0.4, 0.5) is 10.5 Å². The third-order valence-corrected chi connectivity index (χ3v) is 3.70. The number of nitrogens with two attached hydrogens (primary N) is 1. The van der Waals surface area contributed by atoms with Crippen molar-refractivity contribution in [3.63, 3.8) is 0 Å². The maximum atomic E-state index is 12.3. The van der Waals surface area contributed by atoms with Gasteiger partial charge in [-0.2, -0.15) is 0 Å². The van der Waals surface area contributed by atoms with E-state index in [0.29, 0.717) is 48.9 Å². The maximum absolute atomic E-state index is 12.3. The summed E-state index contributed by atoms with van der Waals surface area (Å²) in [5.41, 5.74) is 7.04. The number of amides is 3. The second kappa shape index (κ2) is 10.1. The minimum atomic E-state index is -0.673. The Balaban J connectivity index is 1.94. The standard InChI is InChI=1S/C20H25N3O4/c1-3-26-17-9-8-14(12-18(17)27-4-2)10-11-22-19(24)15-6-5-7-16(13-15)23-20(21)25/h5-9,12-13H,3-4,10-11H2,1-2H3,(H,22,24)(H3,21,23,25). The van der Waals surface area contributed by atoms with Crippen LogP contribution >= 0.6 is 0 Å². The molecular weight excluding hydrogens is 346 g/mol. The normalized spacial score (nSPS) is 10.1. The predicted molar refractivity (Wildman–Crippen MR) is 104 cm³/mol. The molecule has 0 saturated carbocycles. The fourth-order valence-electron chi connectivity index (χ4n) is 2.55. The minimum Gasteiger partial charge on any atom is -0.490 e. The fourth-order valence-corrected chi connectivity index (χ4v) is 2.55. The van der Waals surface area contributed by atoms with Gasteiger partial charge in [-0.1, -0.05) is 12.1 Å². The summed E-state index contributed by atoms with van der Waals surface area (Å²) in [6, 6.07) is 11.7. The number of anilines is 1. The van der Waals surface area contributed by atoms with Gasteiger partial charge in [0.2, 0.25) is 0 Å². The summed E-state index contributed by atoms with van der Waals surface area (Å²) in [7, 11) is 0. The van der Waals surface area contributed by atoms with E-state index in [-0.39, 0.29) is 5.91 Å². The number of urea groups is 1. The number of nitrogens with one attached hydrogen (secondary N) is 2. The van der Waals surface area contributed by atoms with Crippen LogP contribution in [0.5, 0.6) is 11.5 Å². The van der Waals surface area contributed by atoms with Crippen LogP contribution in [-0.4, -0.2) is 31.7 Å². The van der Waals surface area contributed by atoms with Gasteiger partial charge in [-0.3, -0.25) is 4.79 Å². The van der Waals surface area contributed by atoms with Gasteiger partial charge in [0.15, 0.2) is 11.5 Å². The fraction of sp³-hybridized carbons (Fsp3) is 0.300. The number of primary amides is 1. The van der Waals surface area contributed by atoms with E-state index < -0.39 is 6.03 Å².